The van der Waals surface area contributed by atoms with E-state index >= 15 is 0 Å². The summed E-state index contributed by atoms with van der Waals surface area (Å²) in [6.45, 7) is 2.26. The third kappa shape index (κ3) is 5.33. The van der Waals surface area contributed by atoms with Crippen LogP contribution in [0, 0.1) is 5.92 Å². The molecule has 0 bridgehead atoms. The van der Waals surface area contributed by atoms with Gasteiger partial charge in [-0.25, -0.2) is 9.50 Å². The lowest BCUT2D eigenvalue weighted by atomic mass is 9.95. The minimum absolute atomic E-state index is 0.0110. The molecule has 1 saturated heterocycles. The van der Waals surface area contributed by atoms with Gasteiger partial charge >= 0.3 is 0 Å². The maximum Gasteiger partial charge on any atom is 0.251 e. The van der Waals surface area contributed by atoms with Crippen LogP contribution in [-0.4, -0.2) is 52.4 Å². The quantitative estimate of drug-likeness (QED) is 0.471. The van der Waals surface area contributed by atoms with Crippen LogP contribution in [0.2, 0.25) is 0 Å². The minimum atomic E-state index is -0.0110. The number of hydrogen-bond acceptors (Lipinski definition) is 6. The summed E-state index contributed by atoms with van der Waals surface area (Å²) < 4.78 is 13.7. The number of nitrogens with one attached hydrogen (secondary N) is 2. The van der Waals surface area contributed by atoms with Crippen molar-refractivity contribution in [3.63, 3.8) is 0 Å². The molecular weight excluding hydrogens is 454 g/mol. The molecule has 2 aromatic heterocycles. The molecule has 0 radical (unpaired) electrons. The van der Waals surface area contributed by atoms with E-state index in [1.165, 1.54) is 32.1 Å². The molecule has 3 fully saturated rings. The molecule has 1 amide bonds. The monoisotopic (exact) mass is 489 g/mol. The summed E-state index contributed by atoms with van der Waals surface area (Å²) in [6.07, 6.45) is 12.2. The van der Waals surface area contributed by atoms with Gasteiger partial charge in [-0.05, 0) is 56.6 Å². The number of hydrogen-bond donors (Lipinski definition) is 2. The number of imidazole rings is 1. The van der Waals surface area contributed by atoms with Gasteiger partial charge in [-0.15, -0.1) is 5.10 Å². The Kier molecular flexibility index (Phi) is 6.77. The van der Waals surface area contributed by atoms with Crippen molar-refractivity contribution in [1.82, 2.24) is 19.9 Å². The summed E-state index contributed by atoms with van der Waals surface area (Å²) in [5.41, 5.74) is 3.22. The summed E-state index contributed by atoms with van der Waals surface area (Å²) in [5, 5.41) is 11.6. The zero-order chi connectivity index (χ0) is 24.3. The van der Waals surface area contributed by atoms with Crippen molar-refractivity contribution < 1.29 is 14.3 Å². The van der Waals surface area contributed by atoms with Gasteiger partial charge in [-0.1, -0.05) is 31.4 Å². The summed E-state index contributed by atoms with van der Waals surface area (Å²) in [6, 6.07) is 10.5. The second-order valence-electron chi connectivity index (χ2n) is 10.4. The first kappa shape index (κ1) is 23.3. The zero-order valence-electron chi connectivity index (χ0n) is 20.7. The smallest absolute Gasteiger partial charge is 0.251 e. The van der Waals surface area contributed by atoms with Gasteiger partial charge in [-0.2, -0.15) is 0 Å². The largest absolute Gasteiger partial charge is 0.489 e. The number of fused-ring (bicyclic) bond motifs is 1. The first-order valence-corrected chi connectivity index (χ1v) is 13.5. The number of amides is 1. The first-order valence-electron chi connectivity index (χ1n) is 13.5. The summed E-state index contributed by atoms with van der Waals surface area (Å²) >= 11 is 0. The summed E-state index contributed by atoms with van der Waals surface area (Å²) in [4.78, 5) is 17.1. The Morgan fingerprint density at radius 2 is 1.78 bits per heavy atom. The van der Waals surface area contributed by atoms with Gasteiger partial charge in [0.15, 0.2) is 17.2 Å². The molecule has 2 saturated carbocycles. The standard InChI is InChI=1S/C28H35N5O3/c34-28(31-23-10-11-23)21-8-6-20(7-9-21)24-17-29-27-25(36-18-19-12-14-35-15-13-19)16-26(32-33(24)27)30-22-4-2-1-3-5-22/h6-9,16-17,19,22-23H,1-5,10-15,18H2,(H,30,32)(H,31,34). The molecule has 0 unspecified atom stereocenters. The van der Waals surface area contributed by atoms with Crippen molar-refractivity contribution in [2.45, 2.75) is 69.9 Å². The highest BCUT2D eigenvalue weighted by atomic mass is 16.5. The van der Waals surface area contributed by atoms with Crippen LogP contribution in [0.5, 0.6) is 5.75 Å². The summed E-state index contributed by atoms with van der Waals surface area (Å²) in [7, 11) is 0. The highest BCUT2D eigenvalue weighted by Crippen LogP contribution is 2.30. The second-order valence-corrected chi connectivity index (χ2v) is 10.4. The van der Waals surface area contributed by atoms with Crippen molar-refractivity contribution in [3.8, 4) is 17.0 Å². The summed E-state index contributed by atoms with van der Waals surface area (Å²) in [5.74, 6) is 2.05. The molecular formula is C28H35N5O3. The first-order chi connectivity index (χ1) is 17.7. The Bertz CT molecular complexity index is 1190. The number of anilines is 1. The molecule has 3 aliphatic rings. The molecule has 3 heterocycles. The average molecular weight is 490 g/mol. The van der Waals surface area contributed by atoms with Crippen molar-refractivity contribution in [1.29, 1.82) is 0 Å². The maximum atomic E-state index is 12.4. The Morgan fingerprint density at radius 1 is 1.00 bits per heavy atom. The Hall–Kier alpha value is -3.13. The van der Waals surface area contributed by atoms with Gasteiger partial charge in [0.25, 0.3) is 5.91 Å². The third-order valence-electron chi connectivity index (χ3n) is 7.56. The molecule has 8 nitrogen and oxygen atoms in total. The molecule has 0 atom stereocenters. The van der Waals surface area contributed by atoms with Gasteiger partial charge in [0.1, 0.15) is 0 Å². The van der Waals surface area contributed by atoms with E-state index in [1.54, 1.807) is 0 Å². The molecule has 36 heavy (non-hydrogen) atoms. The molecule has 2 N–H and O–H groups in total. The van der Waals surface area contributed by atoms with Crippen molar-refractivity contribution in [3.05, 3.63) is 42.1 Å². The Morgan fingerprint density at radius 3 is 2.53 bits per heavy atom. The average Bonchev–Trinajstić information content (AvgIpc) is 3.64. The van der Waals surface area contributed by atoms with Crippen LogP contribution in [0.25, 0.3) is 16.9 Å². The highest BCUT2D eigenvalue weighted by Gasteiger charge is 2.24. The molecule has 6 rings (SSSR count). The predicted molar refractivity (Wildman–Crippen MR) is 138 cm³/mol. The van der Waals surface area contributed by atoms with E-state index in [2.05, 4.69) is 10.6 Å². The van der Waals surface area contributed by atoms with E-state index in [0.29, 0.717) is 35.8 Å². The molecule has 3 aromatic rings. The molecule has 8 heteroatoms. The van der Waals surface area contributed by atoms with Crippen LogP contribution >= 0.6 is 0 Å². The van der Waals surface area contributed by atoms with Crippen LogP contribution in [0.3, 0.4) is 0 Å². The van der Waals surface area contributed by atoms with E-state index < -0.39 is 0 Å². The van der Waals surface area contributed by atoms with E-state index in [0.717, 1.165) is 61.7 Å². The Balaban J connectivity index is 1.28. The van der Waals surface area contributed by atoms with Crippen molar-refractivity contribution in [2.75, 3.05) is 25.1 Å². The SMILES string of the molecule is O=C(NC1CC1)c1ccc(-c2cnc3c(OCC4CCOCC4)cc(NC4CCCCC4)nn23)cc1. The van der Waals surface area contributed by atoms with Crippen LogP contribution in [0.15, 0.2) is 36.5 Å². The van der Waals surface area contributed by atoms with Gasteiger partial charge in [0.05, 0.1) is 18.5 Å². The fraction of sp³-hybridized carbons (Fsp3) is 0.536. The van der Waals surface area contributed by atoms with Crippen LogP contribution in [0.4, 0.5) is 5.82 Å². The normalized spacial score (nSPS) is 19.3. The molecule has 0 spiro atoms. The zero-order valence-corrected chi connectivity index (χ0v) is 20.7. The fourth-order valence-corrected chi connectivity index (χ4v) is 5.18. The van der Waals surface area contributed by atoms with E-state index in [-0.39, 0.29) is 5.91 Å². The van der Waals surface area contributed by atoms with Crippen LogP contribution in [-0.2, 0) is 4.74 Å². The van der Waals surface area contributed by atoms with Gasteiger partial charge in [0.2, 0.25) is 0 Å². The van der Waals surface area contributed by atoms with Crippen molar-refractivity contribution in [2.24, 2.45) is 5.92 Å². The van der Waals surface area contributed by atoms with Crippen LogP contribution < -0.4 is 15.4 Å². The van der Waals surface area contributed by atoms with Crippen LogP contribution in [0.1, 0.15) is 68.1 Å². The van der Waals surface area contributed by atoms with E-state index in [9.17, 15) is 4.79 Å². The fourth-order valence-electron chi connectivity index (χ4n) is 5.18. The number of rotatable bonds is 8. The second kappa shape index (κ2) is 10.5. The molecule has 190 valence electrons. The van der Waals surface area contributed by atoms with E-state index in [1.807, 2.05) is 41.0 Å². The number of benzene rings is 1. The van der Waals surface area contributed by atoms with Crippen molar-refractivity contribution >= 4 is 17.4 Å². The van der Waals surface area contributed by atoms with Gasteiger partial charge < -0.3 is 20.1 Å². The minimum Gasteiger partial charge on any atom is -0.489 e. The third-order valence-corrected chi connectivity index (χ3v) is 7.56. The van der Waals surface area contributed by atoms with Gasteiger partial charge in [-0.3, -0.25) is 4.79 Å². The molecule has 1 aromatic carbocycles. The predicted octanol–water partition coefficient (Wildman–Crippen LogP) is 4.84. The maximum absolute atomic E-state index is 12.4. The highest BCUT2D eigenvalue weighted by molar-refractivity contribution is 5.95. The lowest BCUT2D eigenvalue weighted by Gasteiger charge is -2.24. The number of carbonyl (C=O) groups is 1. The topological polar surface area (TPSA) is 89.8 Å². The number of aromatic nitrogens is 3. The number of ether oxygens (including phenoxy) is 2. The lowest BCUT2D eigenvalue weighted by molar-refractivity contribution is 0.0499. The van der Waals surface area contributed by atoms with E-state index in [4.69, 9.17) is 19.6 Å². The Labute approximate surface area is 211 Å². The van der Waals surface area contributed by atoms with Gasteiger partial charge in [0, 0.05) is 42.5 Å². The molecule has 1 aliphatic heterocycles. The lowest BCUT2D eigenvalue weighted by Crippen LogP contribution is -2.25. The number of nitrogens with zero attached hydrogens (tertiary/aromatic N) is 3. The number of carbonyl (C=O) groups excluding carboxylic acids is 1. The molecule has 2 aliphatic carbocycles.